The molecule has 6 heteroatoms. The molecule has 0 unspecified atom stereocenters. The predicted molar refractivity (Wildman–Crippen MR) is 50.6 cm³/mol. The Morgan fingerprint density at radius 3 is 2.31 bits per heavy atom. The summed E-state index contributed by atoms with van der Waals surface area (Å²) in [5.74, 6) is -0.331. The fraction of sp³-hybridized carbons (Fsp3) is 0.400. The van der Waals surface area contributed by atoms with Crippen LogP contribution in [0.2, 0.25) is 0 Å². The van der Waals surface area contributed by atoms with E-state index < -0.39 is 18.6 Å². The molecule has 0 heterocycles. The molecular formula is C10H11F4NO. The largest absolute Gasteiger partial charge is 0.461 e. The van der Waals surface area contributed by atoms with Crippen LogP contribution >= 0.6 is 0 Å². The molecular weight excluding hydrogens is 226 g/mol. The van der Waals surface area contributed by atoms with Crippen LogP contribution in [0.5, 0.6) is 5.75 Å². The minimum atomic E-state index is -4.51. The third kappa shape index (κ3) is 2.85. The van der Waals surface area contributed by atoms with Crippen molar-refractivity contribution in [2.24, 2.45) is 5.73 Å². The molecule has 1 aromatic carbocycles. The zero-order valence-electron chi connectivity index (χ0n) is 8.46. The van der Waals surface area contributed by atoms with Crippen molar-refractivity contribution in [1.29, 1.82) is 0 Å². The molecule has 1 atom stereocenters. The third-order valence-electron chi connectivity index (χ3n) is 1.91. The molecule has 0 spiro atoms. The van der Waals surface area contributed by atoms with E-state index in [4.69, 9.17) is 5.73 Å². The highest BCUT2D eigenvalue weighted by Gasteiger charge is 2.44. The minimum Gasteiger partial charge on any atom is -0.428 e. The fourth-order valence-corrected chi connectivity index (χ4v) is 1.14. The molecule has 0 aliphatic carbocycles. The smallest absolute Gasteiger partial charge is 0.428 e. The summed E-state index contributed by atoms with van der Waals surface area (Å²) in [6.07, 6.45) is -8.39. The van der Waals surface area contributed by atoms with Crippen molar-refractivity contribution < 1.29 is 22.3 Å². The highest BCUT2D eigenvalue weighted by Crippen LogP contribution is 2.31. The van der Waals surface area contributed by atoms with Crippen LogP contribution in [0.3, 0.4) is 0 Å². The highest BCUT2D eigenvalue weighted by atomic mass is 19.3. The quantitative estimate of drug-likeness (QED) is 0.817. The van der Waals surface area contributed by atoms with Crippen molar-refractivity contribution in [2.75, 3.05) is 0 Å². The number of rotatable bonds is 4. The molecule has 0 aromatic heterocycles. The van der Waals surface area contributed by atoms with E-state index in [2.05, 4.69) is 4.74 Å². The van der Waals surface area contributed by atoms with Crippen LogP contribution in [-0.4, -0.2) is 12.5 Å². The molecule has 0 amide bonds. The highest BCUT2D eigenvalue weighted by molar-refractivity contribution is 5.35. The van der Waals surface area contributed by atoms with E-state index in [1.807, 2.05) is 0 Å². The minimum absolute atomic E-state index is 0.253. The maximum atomic E-state index is 12.7. The lowest BCUT2D eigenvalue weighted by molar-refractivity contribution is -0.253. The second-order valence-corrected chi connectivity index (χ2v) is 3.29. The van der Waals surface area contributed by atoms with E-state index in [-0.39, 0.29) is 11.3 Å². The number of hydrogen-bond acceptors (Lipinski definition) is 2. The number of alkyl halides is 4. The zero-order chi connectivity index (χ0) is 12.3. The molecule has 2 nitrogen and oxygen atoms in total. The van der Waals surface area contributed by atoms with Gasteiger partial charge in [-0.15, -0.1) is 0 Å². The Morgan fingerprint density at radius 1 is 1.25 bits per heavy atom. The van der Waals surface area contributed by atoms with Gasteiger partial charge in [-0.2, -0.15) is 17.6 Å². The molecule has 0 aliphatic heterocycles. The number of para-hydroxylation sites is 1. The van der Waals surface area contributed by atoms with Crippen LogP contribution in [-0.2, 0) is 0 Å². The topological polar surface area (TPSA) is 35.2 Å². The van der Waals surface area contributed by atoms with Crippen LogP contribution in [0, 0.1) is 0 Å². The first-order valence-corrected chi connectivity index (χ1v) is 4.54. The summed E-state index contributed by atoms with van der Waals surface area (Å²) in [5, 5.41) is 0. The Kier molecular flexibility index (Phi) is 3.74. The fourth-order valence-electron chi connectivity index (χ4n) is 1.14. The van der Waals surface area contributed by atoms with Gasteiger partial charge in [-0.25, -0.2) is 0 Å². The lowest BCUT2D eigenvalue weighted by atomic mass is 10.1. The Bertz CT molecular complexity index is 354. The van der Waals surface area contributed by atoms with Crippen molar-refractivity contribution in [3.8, 4) is 5.75 Å². The van der Waals surface area contributed by atoms with Gasteiger partial charge in [-0.3, -0.25) is 0 Å². The van der Waals surface area contributed by atoms with E-state index in [0.29, 0.717) is 0 Å². The third-order valence-corrected chi connectivity index (χ3v) is 1.91. The van der Waals surface area contributed by atoms with E-state index in [9.17, 15) is 17.6 Å². The second-order valence-electron chi connectivity index (χ2n) is 3.29. The number of hydrogen-bond donors (Lipinski definition) is 1. The van der Waals surface area contributed by atoms with Gasteiger partial charge in [0.1, 0.15) is 5.75 Å². The number of ether oxygens (including phenoxy) is 1. The predicted octanol–water partition coefficient (Wildman–Crippen LogP) is 2.94. The average Bonchev–Trinajstić information content (AvgIpc) is 2.17. The first-order chi connectivity index (χ1) is 7.34. The molecule has 0 radical (unpaired) electrons. The summed E-state index contributed by atoms with van der Waals surface area (Å²) in [7, 11) is 0. The summed E-state index contributed by atoms with van der Waals surface area (Å²) in [6.45, 7) is 1.54. The van der Waals surface area contributed by atoms with E-state index in [0.717, 1.165) is 0 Å². The Morgan fingerprint density at radius 2 is 1.81 bits per heavy atom. The van der Waals surface area contributed by atoms with Crippen LogP contribution in [0.4, 0.5) is 17.6 Å². The van der Waals surface area contributed by atoms with Gasteiger partial charge in [0, 0.05) is 11.6 Å². The SMILES string of the molecule is C[C@H](N)c1ccccc1OC(F)(F)C(F)F. The Labute approximate surface area is 90.0 Å². The van der Waals surface area contributed by atoms with Crippen molar-refractivity contribution in [3.05, 3.63) is 29.8 Å². The molecule has 0 bridgehead atoms. The summed E-state index contributed by atoms with van der Waals surface area (Å²) in [4.78, 5) is 0. The Balaban J connectivity index is 2.97. The molecule has 0 aliphatic rings. The molecule has 0 fully saturated rings. The van der Waals surface area contributed by atoms with Gasteiger partial charge in [0.15, 0.2) is 0 Å². The molecule has 90 valence electrons. The van der Waals surface area contributed by atoms with Crippen molar-refractivity contribution >= 4 is 0 Å². The molecule has 0 saturated heterocycles. The molecule has 1 rings (SSSR count). The van der Waals surface area contributed by atoms with Gasteiger partial charge < -0.3 is 10.5 Å². The first-order valence-electron chi connectivity index (χ1n) is 4.54. The summed E-state index contributed by atoms with van der Waals surface area (Å²) in [6, 6.07) is 5.01. The van der Waals surface area contributed by atoms with E-state index in [1.54, 1.807) is 13.0 Å². The number of halogens is 4. The Hall–Kier alpha value is -1.30. The summed E-state index contributed by atoms with van der Waals surface area (Å²) < 4.78 is 53.2. The lowest BCUT2D eigenvalue weighted by Gasteiger charge is -2.20. The monoisotopic (exact) mass is 237 g/mol. The van der Waals surface area contributed by atoms with Gasteiger partial charge in [-0.1, -0.05) is 18.2 Å². The second kappa shape index (κ2) is 4.69. The molecule has 0 saturated carbocycles. The molecule has 16 heavy (non-hydrogen) atoms. The van der Waals surface area contributed by atoms with Gasteiger partial charge in [0.25, 0.3) is 0 Å². The van der Waals surface area contributed by atoms with Crippen LogP contribution in [0.15, 0.2) is 24.3 Å². The number of nitrogens with two attached hydrogens (primary N) is 1. The van der Waals surface area contributed by atoms with Gasteiger partial charge in [0.05, 0.1) is 0 Å². The van der Waals surface area contributed by atoms with Gasteiger partial charge in [0.2, 0.25) is 0 Å². The first kappa shape index (κ1) is 12.8. The zero-order valence-corrected chi connectivity index (χ0v) is 8.46. The number of benzene rings is 1. The van der Waals surface area contributed by atoms with Crippen LogP contribution in [0.1, 0.15) is 18.5 Å². The average molecular weight is 237 g/mol. The van der Waals surface area contributed by atoms with Crippen molar-refractivity contribution in [3.63, 3.8) is 0 Å². The lowest BCUT2D eigenvalue weighted by Crippen LogP contribution is -2.34. The maximum absolute atomic E-state index is 12.7. The van der Waals surface area contributed by atoms with Gasteiger partial charge >= 0.3 is 12.5 Å². The summed E-state index contributed by atoms with van der Waals surface area (Å²) in [5.41, 5.74) is 5.75. The van der Waals surface area contributed by atoms with Crippen LogP contribution < -0.4 is 10.5 Å². The molecule has 1 aromatic rings. The maximum Gasteiger partial charge on any atom is 0.461 e. The summed E-state index contributed by atoms with van der Waals surface area (Å²) >= 11 is 0. The van der Waals surface area contributed by atoms with Crippen LogP contribution in [0.25, 0.3) is 0 Å². The molecule has 2 N–H and O–H groups in total. The van der Waals surface area contributed by atoms with Gasteiger partial charge in [-0.05, 0) is 13.0 Å². The van der Waals surface area contributed by atoms with Crippen molar-refractivity contribution in [2.45, 2.75) is 25.5 Å². The standard InChI is InChI=1S/C10H11F4NO/c1-6(15)7-4-2-3-5-8(7)16-10(13,14)9(11)12/h2-6,9H,15H2,1H3/t6-/m0/s1. The van der Waals surface area contributed by atoms with E-state index >= 15 is 0 Å². The van der Waals surface area contributed by atoms with E-state index in [1.165, 1.54) is 18.2 Å². The normalized spacial score (nSPS) is 13.9. The van der Waals surface area contributed by atoms with Crippen molar-refractivity contribution in [1.82, 2.24) is 0 Å².